The molecule has 0 aliphatic rings. The Bertz CT molecular complexity index is 563. The van der Waals surface area contributed by atoms with E-state index in [-0.39, 0.29) is 5.91 Å². The summed E-state index contributed by atoms with van der Waals surface area (Å²) in [6, 6.07) is 11.5. The van der Waals surface area contributed by atoms with Gasteiger partial charge in [-0.05, 0) is 32.0 Å². The van der Waals surface area contributed by atoms with Gasteiger partial charge in [-0.25, -0.2) is 0 Å². The Hall–Kier alpha value is -1.65. The molecule has 1 aromatic carbocycles. The Morgan fingerprint density at radius 3 is 2.74 bits per heavy atom. The third-order valence-electron chi connectivity index (χ3n) is 2.69. The van der Waals surface area contributed by atoms with E-state index in [0.29, 0.717) is 13.2 Å². The molecule has 3 nitrogen and oxygen atoms in total. The van der Waals surface area contributed by atoms with Crippen LogP contribution in [-0.2, 0) is 11.3 Å². The highest BCUT2D eigenvalue weighted by atomic mass is 32.1. The maximum Gasteiger partial charge on any atom is 0.265 e. The topological polar surface area (TPSA) is 38.3 Å². The van der Waals surface area contributed by atoms with Crippen molar-refractivity contribution in [1.29, 1.82) is 0 Å². The van der Waals surface area contributed by atoms with E-state index in [4.69, 9.17) is 4.74 Å². The average Bonchev–Trinajstić information content (AvgIpc) is 2.84. The van der Waals surface area contributed by atoms with Crippen LogP contribution in [0.15, 0.2) is 36.4 Å². The first-order valence-corrected chi connectivity index (χ1v) is 7.05. The number of thiophene rings is 1. The predicted octanol–water partition coefficient (Wildman–Crippen LogP) is 3.85. The van der Waals surface area contributed by atoms with Crippen LogP contribution in [0.5, 0.6) is 0 Å². The molecule has 0 saturated heterocycles. The van der Waals surface area contributed by atoms with Crippen molar-refractivity contribution in [1.82, 2.24) is 0 Å². The van der Waals surface area contributed by atoms with Crippen LogP contribution in [0.1, 0.15) is 27.0 Å². The predicted molar refractivity (Wildman–Crippen MR) is 78.8 cm³/mol. The number of rotatable bonds is 5. The summed E-state index contributed by atoms with van der Waals surface area (Å²) in [7, 11) is 0. The summed E-state index contributed by atoms with van der Waals surface area (Å²) in [5.41, 5.74) is 1.80. The average molecular weight is 275 g/mol. The second-order valence-corrected chi connectivity index (χ2v) is 5.45. The van der Waals surface area contributed by atoms with Crippen molar-refractivity contribution >= 4 is 22.9 Å². The van der Waals surface area contributed by atoms with E-state index in [2.05, 4.69) is 5.32 Å². The van der Waals surface area contributed by atoms with E-state index >= 15 is 0 Å². The van der Waals surface area contributed by atoms with Gasteiger partial charge < -0.3 is 10.1 Å². The van der Waals surface area contributed by atoms with Gasteiger partial charge in [0, 0.05) is 22.7 Å². The largest absolute Gasteiger partial charge is 0.377 e. The van der Waals surface area contributed by atoms with Gasteiger partial charge in [-0.3, -0.25) is 4.79 Å². The minimum Gasteiger partial charge on any atom is -0.377 e. The van der Waals surface area contributed by atoms with Crippen molar-refractivity contribution in [3.63, 3.8) is 0 Å². The van der Waals surface area contributed by atoms with Gasteiger partial charge in [0.2, 0.25) is 0 Å². The van der Waals surface area contributed by atoms with Crippen molar-refractivity contribution in [3.05, 3.63) is 51.7 Å². The number of carbonyl (C=O) groups is 1. The smallest absolute Gasteiger partial charge is 0.265 e. The lowest BCUT2D eigenvalue weighted by atomic mass is 10.2. The van der Waals surface area contributed by atoms with Crippen molar-refractivity contribution in [3.8, 4) is 0 Å². The number of para-hydroxylation sites is 1. The molecule has 1 heterocycles. The standard InChI is InChI=1S/C15H17NO2S/c1-3-18-10-12-6-4-5-7-13(12)16-15(17)14-9-8-11(2)19-14/h4-9H,3,10H2,1-2H3,(H,16,17). The quantitative estimate of drug-likeness (QED) is 0.900. The van der Waals surface area contributed by atoms with Crippen LogP contribution in [0.4, 0.5) is 5.69 Å². The third kappa shape index (κ3) is 3.66. The molecule has 0 aliphatic heterocycles. The van der Waals surface area contributed by atoms with Gasteiger partial charge in [-0.15, -0.1) is 11.3 Å². The van der Waals surface area contributed by atoms with Crippen LogP contribution >= 0.6 is 11.3 Å². The van der Waals surface area contributed by atoms with E-state index in [0.717, 1.165) is 21.0 Å². The van der Waals surface area contributed by atoms with Gasteiger partial charge in [0.1, 0.15) is 0 Å². The van der Waals surface area contributed by atoms with E-state index < -0.39 is 0 Å². The zero-order valence-corrected chi connectivity index (χ0v) is 11.9. The van der Waals surface area contributed by atoms with Crippen molar-refractivity contribution in [2.45, 2.75) is 20.5 Å². The Morgan fingerprint density at radius 2 is 2.05 bits per heavy atom. The zero-order valence-electron chi connectivity index (χ0n) is 11.1. The van der Waals surface area contributed by atoms with Crippen molar-refractivity contribution < 1.29 is 9.53 Å². The number of carbonyl (C=O) groups excluding carboxylic acids is 1. The molecule has 0 bridgehead atoms. The van der Waals surface area contributed by atoms with E-state index in [1.807, 2.05) is 50.2 Å². The molecule has 0 aliphatic carbocycles. The summed E-state index contributed by atoms with van der Waals surface area (Å²) in [6.07, 6.45) is 0. The fraction of sp³-hybridized carbons (Fsp3) is 0.267. The van der Waals surface area contributed by atoms with Gasteiger partial charge in [0.25, 0.3) is 5.91 Å². The number of nitrogens with one attached hydrogen (secondary N) is 1. The minimum absolute atomic E-state index is 0.0675. The lowest BCUT2D eigenvalue weighted by Crippen LogP contribution is -2.12. The highest BCUT2D eigenvalue weighted by Crippen LogP contribution is 2.20. The summed E-state index contributed by atoms with van der Waals surface area (Å²) >= 11 is 1.50. The molecule has 0 atom stereocenters. The Balaban J connectivity index is 2.12. The Kier molecular flexibility index (Phi) is 4.71. The molecule has 0 saturated carbocycles. The molecule has 2 rings (SSSR count). The van der Waals surface area contributed by atoms with Crippen LogP contribution in [0.25, 0.3) is 0 Å². The van der Waals surface area contributed by atoms with Crippen LogP contribution in [0.2, 0.25) is 0 Å². The first kappa shape index (κ1) is 13.8. The number of hydrogen-bond acceptors (Lipinski definition) is 3. The molecule has 19 heavy (non-hydrogen) atoms. The van der Waals surface area contributed by atoms with E-state index in [1.54, 1.807) is 0 Å². The number of ether oxygens (including phenoxy) is 1. The molecule has 1 amide bonds. The second kappa shape index (κ2) is 6.50. The first-order valence-electron chi connectivity index (χ1n) is 6.24. The maximum absolute atomic E-state index is 12.1. The van der Waals surface area contributed by atoms with Crippen molar-refractivity contribution in [2.75, 3.05) is 11.9 Å². The molecule has 4 heteroatoms. The maximum atomic E-state index is 12.1. The number of anilines is 1. The lowest BCUT2D eigenvalue weighted by molar-refractivity contribution is 0.102. The number of aryl methyl sites for hydroxylation is 1. The number of benzene rings is 1. The summed E-state index contributed by atoms with van der Waals surface area (Å²) in [5.74, 6) is -0.0675. The summed E-state index contributed by atoms with van der Waals surface area (Å²) < 4.78 is 5.40. The molecule has 0 fully saturated rings. The number of amides is 1. The van der Waals surface area contributed by atoms with Gasteiger partial charge in [-0.2, -0.15) is 0 Å². The summed E-state index contributed by atoms with van der Waals surface area (Å²) in [4.78, 5) is 14.0. The molecule has 1 N–H and O–H groups in total. The molecular formula is C15H17NO2S. The monoisotopic (exact) mass is 275 g/mol. The molecule has 2 aromatic rings. The van der Waals surface area contributed by atoms with Crippen LogP contribution < -0.4 is 5.32 Å². The molecule has 0 spiro atoms. The number of hydrogen-bond donors (Lipinski definition) is 1. The Labute approximate surface area is 117 Å². The fourth-order valence-electron chi connectivity index (χ4n) is 1.72. The van der Waals surface area contributed by atoms with Crippen LogP contribution in [0, 0.1) is 6.92 Å². The van der Waals surface area contributed by atoms with Crippen LogP contribution in [-0.4, -0.2) is 12.5 Å². The van der Waals surface area contributed by atoms with Crippen LogP contribution in [0.3, 0.4) is 0 Å². The third-order valence-corrected chi connectivity index (χ3v) is 3.69. The highest BCUT2D eigenvalue weighted by Gasteiger charge is 2.10. The SMILES string of the molecule is CCOCc1ccccc1NC(=O)c1ccc(C)s1. The van der Waals surface area contributed by atoms with Gasteiger partial charge >= 0.3 is 0 Å². The lowest BCUT2D eigenvalue weighted by Gasteiger charge is -2.10. The highest BCUT2D eigenvalue weighted by molar-refractivity contribution is 7.14. The molecule has 0 unspecified atom stereocenters. The minimum atomic E-state index is -0.0675. The Morgan fingerprint density at radius 1 is 1.26 bits per heavy atom. The van der Waals surface area contributed by atoms with E-state index in [9.17, 15) is 4.79 Å². The second-order valence-electron chi connectivity index (χ2n) is 4.16. The normalized spacial score (nSPS) is 10.4. The first-order chi connectivity index (χ1) is 9.20. The van der Waals surface area contributed by atoms with Gasteiger partial charge in [0.15, 0.2) is 0 Å². The van der Waals surface area contributed by atoms with E-state index in [1.165, 1.54) is 11.3 Å². The van der Waals surface area contributed by atoms with Crippen molar-refractivity contribution in [2.24, 2.45) is 0 Å². The molecule has 1 aromatic heterocycles. The fourth-order valence-corrected chi connectivity index (χ4v) is 2.48. The molecule has 100 valence electrons. The summed E-state index contributed by atoms with van der Waals surface area (Å²) in [5, 5.41) is 2.94. The molecule has 0 radical (unpaired) electrons. The molecular weight excluding hydrogens is 258 g/mol. The van der Waals surface area contributed by atoms with Gasteiger partial charge in [0.05, 0.1) is 11.5 Å². The van der Waals surface area contributed by atoms with Gasteiger partial charge in [-0.1, -0.05) is 18.2 Å². The zero-order chi connectivity index (χ0) is 13.7. The summed E-state index contributed by atoms with van der Waals surface area (Å²) in [6.45, 7) is 5.11.